The second-order valence-corrected chi connectivity index (χ2v) is 5.83. The molecule has 0 N–H and O–H groups in total. The highest BCUT2D eigenvalue weighted by Gasteiger charge is 2.32. The molecule has 0 aromatic heterocycles. The van der Waals surface area contributed by atoms with Crippen LogP contribution in [0, 0.1) is 0 Å². The van der Waals surface area contributed by atoms with Crippen molar-refractivity contribution < 1.29 is 14.3 Å². The largest absolute Gasteiger partial charge is 0.476 e. The molecule has 0 radical (unpaired) electrons. The van der Waals surface area contributed by atoms with Gasteiger partial charge in [-0.15, -0.1) is 0 Å². The lowest BCUT2D eigenvalue weighted by Crippen LogP contribution is -2.17. The van der Waals surface area contributed by atoms with Crippen LogP contribution in [0.25, 0.3) is 0 Å². The highest BCUT2D eigenvalue weighted by atomic mass is 35.6. The highest BCUT2D eigenvalue weighted by Crippen LogP contribution is 2.32. The molecule has 0 fully saturated rings. The van der Waals surface area contributed by atoms with E-state index in [0.29, 0.717) is 18.4 Å². The van der Waals surface area contributed by atoms with Gasteiger partial charge < -0.3 is 9.47 Å². The Kier molecular flexibility index (Phi) is 7.46. The van der Waals surface area contributed by atoms with Gasteiger partial charge in [0.25, 0.3) is 3.79 Å². The van der Waals surface area contributed by atoms with Crippen LogP contribution < -0.4 is 0 Å². The number of hydrogen-bond acceptors (Lipinski definition) is 5. The first-order valence-electron chi connectivity index (χ1n) is 3.32. The van der Waals surface area contributed by atoms with Gasteiger partial charge >= 0.3 is 0 Å². The minimum atomic E-state index is -1.97. The summed E-state index contributed by atoms with van der Waals surface area (Å²) in [7, 11) is 1.52. The number of thiocarbonyl (C=S) groups is 1. The molecule has 0 amide bonds. The molecule has 0 saturated heterocycles. The van der Waals surface area contributed by atoms with E-state index in [1.165, 1.54) is 7.11 Å². The topological polar surface area (TPSA) is 35.5 Å². The number of thioether (sulfide) groups is 1. The maximum Gasteiger partial charge on any atom is 0.259 e. The maximum atomic E-state index is 11.1. The molecular formula is C6H7Cl3O3S2. The Labute approximate surface area is 106 Å². The van der Waals surface area contributed by atoms with Crippen LogP contribution in [0.2, 0.25) is 0 Å². The molecule has 14 heavy (non-hydrogen) atoms. The van der Waals surface area contributed by atoms with Gasteiger partial charge in [0.1, 0.15) is 6.61 Å². The summed E-state index contributed by atoms with van der Waals surface area (Å²) in [5.41, 5.74) is 0. The number of alkyl halides is 3. The number of carbonyl (C=O) groups is 1. The molecular weight excluding hydrogens is 291 g/mol. The maximum absolute atomic E-state index is 11.1. The third-order valence-corrected chi connectivity index (χ3v) is 2.91. The van der Waals surface area contributed by atoms with E-state index in [9.17, 15) is 4.79 Å². The number of carbonyl (C=O) groups excluding carboxylic acids is 1. The fraction of sp³-hybridized carbons (Fsp3) is 0.667. The van der Waals surface area contributed by atoms with Gasteiger partial charge in [-0.1, -0.05) is 34.8 Å². The molecule has 0 aromatic rings. The monoisotopic (exact) mass is 296 g/mol. The Hall–Kier alpha value is 0.740. The molecule has 0 bridgehead atoms. The van der Waals surface area contributed by atoms with E-state index in [1.807, 2.05) is 0 Å². The van der Waals surface area contributed by atoms with Crippen molar-refractivity contribution in [3.05, 3.63) is 0 Å². The predicted molar refractivity (Wildman–Crippen MR) is 63.3 cm³/mol. The Morgan fingerprint density at radius 3 is 2.43 bits per heavy atom. The molecule has 0 spiro atoms. The van der Waals surface area contributed by atoms with E-state index in [-0.39, 0.29) is 11.0 Å². The van der Waals surface area contributed by atoms with Gasteiger partial charge in [-0.2, -0.15) is 0 Å². The van der Waals surface area contributed by atoms with Gasteiger partial charge in [-0.3, -0.25) is 4.79 Å². The molecule has 0 aliphatic rings. The second-order valence-electron chi connectivity index (χ2n) is 1.98. The number of rotatable bonds is 3. The molecule has 8 heteroatoms. The van der Waals surface area contributed by atoms with Crippen LogP contribution in [0.1, 0.15) is 0 Å². The predicted octanol–water partition coefficient (Wildman–Crippen LogP) is 2.56. The number of hydrogen-bond donors (Lipinski definition) is 0. The lowest BCUT2D eigenvalue weighted by Gasteiger charge is -2.09. The van der Waals surface area contributed by atoms with Crippen LogP contribution in [-0.2, 0) is 14.3 Å². The summed E-state index contributed by atoms with van der Waals surface area (Å²) in [5, 5.41) is -0.690. The Bertz CT molecular complexity index is 217. The van der Waals surface area contributed by atoms with Gasteiger partial charge in [0.15, 0.2) is 0 Å². The van der Waals surface area contributed by atoms with E-state index >= 15 is 0 Å². The van der Waals surface area contributed by atoms with E-state index < -0.39 is 8.91 Å². The minimum absolute atomic E-state index is 0.0124. The molecule has 0 rings (SSSR count). The van der Waals surface area contributed by atoms with Crippen molar-refractivity contribution in [3.8, 4) is 0 Å². The molecule has 0 atom stereocenters. The summed E-state index contributed by atoms with van der Waals surface area (Å²) >= 11 is 21.2. The zero-order chi connectivity index (χ0) is 11.2. The van der Waals surface area contributed by atoms with Crippen molar-refractivity contribution in [2.24, 2.45) is 0 Å². The minimum Gasteiger partial charge on any atom is -0.476 e. The summed E-state index contributed by atoms with van der Waals surface area (Å²) < 4.78 is 7.67. The summed E-state index contributed by atoms with van der Waals surface area (Å²) in [6, 6.07) is 0. The standard InChI is InChI=1S/C6H7Cl3O3S2/c1-11-2-3-12-5(13)14-4(10)6(7,8)9/h2-3H2,1H3. The molecule has 0 unspecified atom stereocenters. The lowest BCUT2D eigenvalue weighted by atomic mass is 10.8. The van der Waals surface area contributed by atoms with Gasteiger partial charge in [-0.05, 0) is 12.2 Å². The van der Waals surface area contributed by atoms with Crippen LogP contribution in [-0.4, -0.2) is 33.6 Å². The van der Waals surface area contributed by atoms with Crippen molar-refractivity contribution in [3.63, 3.8) is 0 Å². The second kappa shape index (κ2) is 7.09. The zero-order valence-corrected chi connectivity index (χ0v) is 11.0. The third kappa shape index (κ3) is 7.09. The Balaban J connectivity index is 3.78. The van der Waals surface area contributed by atoms with Crippen LogP contribution in [0.5, 0.6) is 0 Å². The van der Waals surface area contributed by atoms with Crippen molar-refractivity contribution in [1.29, 1.82) is 0 Å². The third-order valence-electron chi connectivity index (χ3n) is 0.915. The SMILES string of the molecule is COCCOC(=S)SC(=O)C(Cl)(Cl)Cl. The number of ether oxygens (including phenoxy) is 2. The molecule has 0 saturated carbocycles. The first-order chi connectivity index (χ1) is 6.38. The average Bonchev–Trinajstić information content (AvgIpc) is 2.03. The van der Waals surface area contributed by atoms with Crippen molar-refractivity contribution in [2.45, 2.75) is 3.79 Å². The Morgan fingerprint density at radius 2 is 2.00 bits per heavy atom. The molecule has 0 heterocycles. The van der Waals surface area contributed by atoms with E-state index in [4.69, 9.17) is 56.5 Å². The van der Waals surface area contributed by atoms with Crippen LogP contribution >= 0.6 is 58.8 Å². The Morgan fingerprint density at radius 1 is 1.43 bits per heavy atom. The molecule has 3 nitrogen and oxygen atoms in total. The lowest BCUT2D eigenvalue weighted by molar-refractivity contribution is -0.110. The van der Waals surface area contributed by atoms with E-state index in [0.717, 1.165) is 0 Å². The van der Waals surface area contributed by atoms with Gasteiger partial charge in [0.2, 0.25) is 9.50 Å². The summed E-state index contributed by atoms with van der Waals surface area (Å²) in [5.74, 6) is 0. The summed E-state index contributed by atoms with van der Waals surface area (Å²) in [6.45, 7) is 0.637. The van der Waals surface area contributed by atoms with E-state index in [2.05, 4.69) is 0 Å². The number of halogens is 3. The van der Waals surface area contributed by atoms with Crippen LogP contribution in [0.15, 0.2) is 0 Å². The quantitative estimate of drug-likeness (QED) is 0.454. The van der Waals surface area contributed by atoms with Gasteiger partial charge in [-0.25, -0.2) is 0 Å². The van der Waals surface area contributed by atoms with Crippen molar-refractivity contribution in [2.75, 3.05) is 20.3 Å². The first kappa shape index (κ1) is 14.7. The highest BCUT2D eigenvalue weighted by molar-refractivity contribution is 8.32. The van der Waals surface area contributed by atoms with Crippen molar-refractivity contribution in [1.82, 2.24) is 0 Å². The molecule has 0 aromatic carbocycles. The zero-order valence-electron chi connectivity index (χ0n) is 7.09. The summed E-state index contributed by atoms with van der Waals surface area (Å²) in [4.78, 5) is 11.1. The molecule has 82 valence electrons. The average molecular weight is 298 g/mol. The fourth-order valence-corrected chi connectivity index (χ4v) is 1.44. The van der Waals surface area contributed by atoms with Gasteiger partial charge in [0.05, 0.1) is 6.61 Å². The van der Waals surface area contributed by atoms with Crippen LogP contribution in [0.4, 0.5) is 0 Å². The van der Waals surface area contributed by atoms with Gasteiger partial charge in [0, 0.05) is 18.9 Å². The molecule has 0 aliphatic carbocycles. The smallest absolute Gasteiger partial charge is 0.259 e. The van der Waals surface area contributed by atoms with Crippen molar-refractivity contribution >= 4 is 68.3 Å². The van der Waals surface area contributed by atoms with Crippen LogP contribution in [0.3, 0.4) is 0 Å². The first-order valence-corrected chi connectivity index (χ1v) is 5.68. The van der Waals surface area contributed by atoms with E-state index in [1.54, 1.807) is 0 Å². The summed E-state index contributed by atoms with van der Waals surface area (Å²) in [6.07, 6.45) is 0. The number of methoxy groups -OCH3 is 1. The normalized spacial score (nSPS) is 11.1. The molecule has 0 aliphatic heterocycles. The fourth-order valence-electron chi connectivity index (χ4n) is 0.371.